The van der Waals surface area contributed by atoms with Crippen LogP contribution in [0.4, 0.5) is 0 Å². The van der Waals surface area contributed by atoms with E-state index in [1.54, 1.807) is 7.11 Å². The summed E-state index contributed by atoms with van der Waals surface area (Å²) in [5, 5.41) is 0. The second-order valence-corrected chi connectivity index (χ2v) is 6.51. The molecule has 2 saturated heterocycles. The Hall–Kier alpha value is -0.870. The summed E-state index contributed by atoms with van der Waals surface area (Å²) in [6.45, 7) is 3.31. The van der Waals surface area contributed by atoms with Crippen molar-refractivity contribution < 1.29 is 14.3 Å². The summed E-state index contributed by atoms with van der Waals surface area (Å²) < 4.78 is 11.0. The number of rotatable bonds is 3. The maximum absolute atomic E-state index is 12.4. The van der Waals surface area contributed by atoms with Crippen molar-refractivity contribution in [2.45, 2.75) is 44.6 Å². The summed E-state index contributed by atoms with van der Waals surface area (Å²) in [6, 6.07) is 0. The van der Waals surface area contributed by atoms with Gasteiger partial charge >= 0.3 is 0 Å². The van der Waals surface area contributed by atoms with Crippen molar-refractivity contribution in [3.05, 3.63) is 11.6 Å². The lowest BCUT2D eigenvalue weighted by molar-refractivity contribution is -0.129. The van der Waals surface area contributed by atoms with Crippen LogP contribution >= 0.6 is 0 Å². The quantitative estimate of drug-likeness (QED) is 0.794. The van der Waals surface area contributed by atoms with Gasteiger partial charge in [0.05, 0.1) is 19.3 Å². The first-order chi connectivity index (χ1) is 9.72. The van der Waals surface area contributed by atoms with E-state index in [2.05, 4.69) is 6.08 Å². The third kappa shape index (κ3) is 2.77. The SMILES string of the molecule is COC[C@H]1CC2(CCN(C(=O)C3=CCCC3)CC2)CO1. The number of carbonyl (C=O) groups is 1. The molecule has 2 aliphatic heterocycles. The van der Waals surface area contributed by atoms with Gasteiger partial charge in [0.25, 0.3) is 0 Å². The molecule has 3 rings (SSSR count). The minimum absolute atomic E-state index is 0.250. The lowest BCUT2D eigenvalue weighted by Gasteiger charge is -2.38. The topological polar surface area (TPSA) is 38.8 Å². The predicted octanol–water partition coefficient (Wildman–Crippen LogP) is 2.14. The fourth-order valence-electron chi connectivity index (χ4n) is 3.79. The van der Waals surface area contributed by atoms with Crippen molar-refractivity contribution in [1.29, 1.82) is 0 Å². The summed E-state index contributed by atoms with van der Waals surface area (Å²) in [5.74, 6) is 0.282. The Labute approximate surface area is 121 Å². The highest BCUT2D eigenvalue weighted by atomic mass is 16.5. The van der Waals surface area contributed by atoms with Crippen molar-refractivity contribution in [2.75, 3.05) is 33.4 Å². The molecule has 0 radical (unpaired) electrons. The van der Waals surface area contributed by atoms with E-state index in [-0.39, 0.29) is 12.0 Å². The number of allylic oxidation sites excluding steroid dienone is 1. The first-order valence-electron chi connectivity index (χ1n) is 7.81. The summed E-state index contributed by atoms with van der Waals surface area (Å²) in [5.41, 5.74) is 1.34. The molecule has 0 bridgehead atoms. The van der Waals surface area contributed by atoms with E-state index in [0.29, 0.717) is 12.0 Å². The molecule has 1 atom stereocenters. The Morgan fingerprint density at radius 2 is 2.30 bits per heavy atom. The molecule has 20 heavy (non-hydrogen) atoms. The number of carbonyl (C=O) groups excluding carboxylic acids is 1. The third-order valence-corrected chi connectivity index (χ3v) is 5.07. The van der Waals surface area contributed by atoms with Gasteiger partial charge in [-0.1, -0.05) is 6.08 Å². The minimum atomic E-state index is 0.250. The predicted molar refractivity (Wildman–Crippen MR) is 76.4 cm³/mol. The lowest BCUT2D eigenvalue weighted by atomic mass is 9.76. The number of nitrogens with zero attached hydrogens (tertiary/aromatic N) is 1. The molecule has 0 N–H and O–H groups in total. The summed E-state index contributed by atoms with van der Waals surface area (Å²) in [4.78, 5) is 14.4. The highest BCUT2D eigenvalue weighted by Crippen LogP contribution is 2.42. The van der Waals surface area contributed by atoms with Crippen LogP contribution < -0.4 is 0 Å². The van der Waals surface area contributed by atoms with E-state index >= 15 is 0 Å². The van der Waals surface area contributed by atoms with Crippen LogP contribution in [0.15, 0.2) is 11.6 Å². The largest absolute Gasteiger partial charge is 0.382 e. The van der Waals surface area contributed by atoms with Crippen LogP contribution in [0.1, 0.15) is 38.5 Å². The second-order valence-electron chi connectivity index (χ2n) is 6.51. The Bertz CT molecular complexity index is 397. The molecule has 0 aromatic heterocycles. The van der Waals surface area contributed by atoms with Crippen LogP contribution in [-0.2, 0) is 14.3 Å². The van der Waals surface area contributed by atoms with Crippen molar-refractivity contribution in [3.63, 3.8) is 0 Å². The van der Waals surface area contributed by atoms with Gasteiger partial charge in [0.15, 0.2) is 0 Å². The van der Waals surface area contributed by atoms with Gasteiger partial charge in [0, 0.05) is 25.8 Å². The van der Waals surface area contributed by atoms with Gasteiger partial charge in [0.1, 0.15) is 0 Å². The van der Waals surface area contributed by atoms with Crippen LogP contribution in [0.2, 0.25) is 0 Å². The fourth-order valence-corrected chi connectivity index (χ4v) is 3.79. The molecule has 2 fully saturated rings. The van der Waals surface area contributed by atoms with E-state index in [0.717, 1.165) is 63.8 Å². The normalized spacial score (nSPS) is 28.9. The number of hydrogen-bond acceptors (Lipinski definition) is 3. The average molecular weight is 279 g/mol. The van der Waals surface area contributed by atoms with Gasteiger partial charge in [-0.15, -0.1) is 0 Å². The maximum atomic E-state index is 12.4. The molecular formula is C16H25NO3. The lowest BCUT2D eigenvalue weighted by Crippen LogP contribution is -2.44. The van der Waals surface area contributed by atoms with E-state index < -0.39 is 0 Å². The molecule has 3 aliphatic rings. The third-order valence-electron chi connectivity index (χ3n) is 5.07. The first-order valence-corrected chi connectivity index (χ1v) is 7.81. The molecular weight excluding hydrogens is 254 g/mol. The van der Waals surface area contributed by atoms with E-state index in [1.165, 1.54) is 0 Å². The molecule has 1 spiro atoms. The van der Waals surface area contributed by atoms with Crippen LogP contribution in [-0.4, -0.2) is 50.3 Å². The van der Waals surface area contributed by atoms with E-state index in [9.17, 15) is 4.79 Å². The van der Waals surface area contributed by atoms with Crippen molar-refractivity contribution in [1.82, 2.24) is 4.90 Å². The van der Waals surface area contributed by atoms with E-state index in [4.69, 9.17) is 9.47 Å². The molecule has 0 unspecified atom stereocenters. The van der Waals surface area contributed by atoms with Gasteiger partial charge in [0.2, 0.25) is 5.91 Å². The highest BCUT2D eigenvalue weighted by Gasteiger charge is 2.43. The molecule has 0 saturated carbocycles. The average Bonchev–Trinajstić information content (AvgIpc) is 3.10. The molecule has 0 aromatic rings. The molecule has 112 valence electrons. The highest BCUT2D eigenvalue weighted by molar-refractivity contribution is 5.93. The van der Waals surface area contributed by atoms with Crippen molar-refractivity contribution in [3.8, 4) is 0 Å². The summed E-state index contributed by atoms with van der Waals surface area (Å²) in [7, 11) is 1.73. The smallest absolute Gasteiger partial charge is 0.249 e. The van der Waals surface area contributed by atoms with Crippen LogP contribution in [0.3, 0.4) is 0 Å². The maximum Gasteiger partial charge on any atom is 0.249 e. The monoisotopic (exact) mass is 279 g/mol. The number of likely N-dealkylation sites (tertiary alicyclic amines) is 1. The zero-order valence-corrected chi connectivity index (χ0v) is 12.4. The molecule has 2 heterocycles. The number of ether oxygens (including phenoxy) is 2. The Morgan fingerprint density at radius 1 is 1.50 bits per heavy atom. The second kappa shape index (κ2) is 5.86. The zero-order valence-electron chi connectivity index (χ0n) is 12.4. The van der Waals surface area contributed by atoms with Crippen LogP contribution in [0.25, 0.3) is 0 Å². The zero-order chi connectivity index (χ0) is 14.0. The van der Waals surface area contributed by atoms with Gasteiger partial charge in [-0.25, -0.2) is 0 Å². The molecule has 0 aromatic carbocycles. The number of amides is 1. The van der Waals surface area contributed by atoms with Gasteiger partial charge in [-0.2, -0.15) is 0 Å². The minimum Gasteiger partial charge on any atom is -0.382 e. The van der Waals surface area contributed by atoms with Gasteiger partial charge in [-0.3, -0.25) is 4.79 Å². The molecule has 4 heteroatoms. The van der Waals surface area contributed by atoms with E-state index in [1.807, 2.05) is 4.90 Å². The molecule has 1 aliphatic carbocycles. The fraction of sp³-hybridized carbons (Fsp3) is 0.812. The Kier molecular flexibility index (Phi) is 4.13. The Balaban J connectivity index is 1.53. The van der Waals surface area contributed by atoms with Crippen LogP contribution in [0, 0.1) is 5.41 Å². The number of piperidine rings is 1. The number of hydrogen-bond donors (Lipinski definition) is 0. The standard InChI is InChI=1S/C16H25NO3/c1-19-11-14-10-16(12-20-14)6-8-17(9-7-16)15(18)13-4-2-3-5-13/h4,14H,2-3,5-12H2,1H3/t14-/m1/s1. The summed E-state index contributed by atoms with van der Waals surface area (Å²) >= 11 is 0. The van der Waals surface area contributed by atoms with Crippen molar-refractivity contribution in [2.24, 2.45) is 5.41 Å². The van der Waals surface area contributed by atoms with Gasteiger partial charge in [-0.05, 0) is 43.9 Å². The summed E-state index contributed by atoms with van der Waals surface area (Å²) in [6.07, 6.45) is 8.81. The number of methoxy groups -OCH3 is 1. The first kappa shape index (κ1) is 14.1. The van der Waals surface area contributed by atoms with Gasteiger partial charge < -0.3 is 14.4 Å². The molecule has 1 amide bonds. The van der Waals surface area contributed by atoms with Crippen molar-refractivity contribution >= 4 is 5.91 Å². The Morgan fingerprint density at radius 3 is 2.95 bits per heavy atom. The molecule has 4 nitrogen and oxygen atoms in total. The van der Waals surface area contributed by atoms with Crippen LogP contribution in [0.5, 0.6) is 0 Å².